The molecule has 2 aliphatic rings. The van der Waals surface area contributed by atoms with Crippen molar-refractivity contribution in [2.75, 3.05) is 13.1 Å². The Morgan fingerprint density at radius 2 is 1.46 bits per heavy atom. The number of alkyl carbamates (subject to hydrolysis) is 1. The number of imide groups is 1. The van der Waals surface area contributed by atoms with Gasteiger partial charge >= 0.3 is 24.1 Å². The standard InChI is InChI=1S/C14H21NO7.C10H15NO4/c1-13(2,3)22-12(19)15-7-6-8(16)9-10(17)20-14(4,5)21-11(9)18;1-10(2,3)15-9(14)11-5-4-7(12)6-8(11)13/h9H,6-7H2,1-5H3,(H,15,19);4-6H2,1-3H3. The Labute approximate surface area is 215 Å². The number of carbonyl (C=O) groups excluding carboxylic acids is 7. The number of piperidine rings is 1. The number of esters is 2. The molecule has 0 aliphatic carbocycles. The smallest absolute Gasteiger partial charge is 0.417 e. The van der Waals surface area contributed by atoms with E-state index < -0.39 is 58.7 Å². The van der Waals surface area contributed by atoms with Crippen molar-refractivity contribution in [3.8, 4) is 0 Å². The summed E-state index contributed by atoms with van der Waals surface area (Å²) in [6.07, 6.45) is -1.53. The van der Waals surface area contributed by atoms with Crippen LogP contribution in [0.2, 0.25) is 0 Å². The molecule has 2 heterocycles. The lowest BCUT2D eigenvalue weighted by molar-refractivity contribution is -0.238. The minimum atomic E-state index is -1.60. The van der Waals surface area contributed by atoms with Crippen molar-refractivity contribution in [1.82, 2.24) is 10.2 Å². The van der Waals surface area contributed by atoms with Crippen LogP contribution in [0.1, 0.15) is 74.7 Å². The number of ketones is 2. The second-order valence-corrected chi connectivity index (χ2v) is 10.8. The van der Waals surface area contributed by atoms with E-state index in [2.05, 4.69) is 5.32 Å². The van der Waals surface area contributed by atoms with Gasteiger partial charge in [0.15, 0.2) is 5.78 Å². The summed E-state index contributed by atoms with van der Waals surface area (Å²) in [5.74, 6) is -6.14. The third-order valence-electron chi connectivity index (χ3n) is 4.40. The van der Waals surface area contributed by atoms with Crippen molar-refractivity contribution in [1.29, 1.82) is 0 Å². The van der Waals surface area contributed by atoms with Crippen molar-refractivity contribution in [2.45, 2.75) is 91.6 Å². The van der Waals surface area contributed by atoms with E-state index in [0.717, 1.165) is 4.90 Å². The zero-order chi connectivity index (χ0) is 28.8. The molecule has 0 saturated carbocycles. The highest BCUT2D eigenvalue weighted by molar-refractivity contribution is 6.16. The molecule has 0 aromatic heterocycles. The van der Waals surface area contributed by atoms with Crippen LogP contribution < -0.4 is 5.32 Å². The van der Waals surface area contributed by atoms with Crippen LogP contribution in [0.3, 0.4) is 0 Å². The van der Waals surface area contributed by atoms with Gasteiger partial charge in [0.2, 0.25) is 11.8 Å². The molecule has 0 bridgehead atoms. The van der Waals surface area contributed by atoms with Crippen LogP contribution in [0, 0.1) is 5.92 Å². The van der Waals surface area contributed by atoms with E-state index in [0.29, 0.717) is 0 Å². The minimum Gasteiger partial charge on any atom is -0.444 e. The first kappa shape index (κ1) is 31.5. The number of nitrogens with one attached hydrogen (secondary N) is 1. The minimum absolute atomic E-state index is 0.0613. The molecule has 0 spiro atoms. The molecule has 13 heteroatoms. The molecule has 2 saturated heterocycles. The monoisotopic (exact) mass is 528 g/mol. The van der Waals surface area contributed by atoms with E-state index in [1.165, 1.54) is 13.8 Å². The first-order valence-electron chi connectivity index (χ1n) is 11.7. The number of cyclic esters (lactones) is 2. The third-order valence-corrected chi connectivity index (χ3v) is 4.40. The Morgan fingerprint density at radius 3 is 1.92 bits per heavy atom. The number of nitrogens with zero attached hydrogens (tertiary/aromatic N) is 1. The van der Waals surface area contributed by atoms with Gasteiger partial charge in [0.25, 0.3) is 5.79 Å². The molecule has 3 amide bonds. The lowest BCUT2D eigenvalue weighted by atomic mass is 10.0. The highest BCUT2D eigenvalue weighted by Gasteiger charge is 2.46. The van der Waals surface area contributed by atoms with Crippen LogP contribution in [0.5, 0.6) is 0 Å². The molecule has 0 aromatic carbocycles. The highest BCUT2D eigenvalue weighted by atomic mass is 16.7. The zero-order valence-corrected chi connectivity index (χ0v) is 22.6. The number of likely N-dealkylation sites (tertiary alicyclic amines) is 1. The van der Waals surface area contributed by atoms with Crippen molar-refractivity contribution in [3.05, 3.63) is 0 Å². The average molecular weight is 529 g/mol. The number of carbonyl (C=O) groups is 7. The molecule has 2 fully saturated rings. The molecule has 208 valence electrons. The van der Waals surface area contributed by atoms with Gasteiger partial charge in [-0.05, 0) is 41.5 Å². The number of hydrogen-bond acceptors (Lipinski definition) is 11. The van der Waals surface area contributed by atoms with Gasteiger partial charge in [-0.1, -0.05) is 0 Å². The number of hydrogen-bond donors (Lipinski definition) is 1. The Kier molecular flexibility index (Phi) is 10.4. The number of Topliss-reactive ketones (excluding diaryl/α,β-unsaturated/α-hetero) is 2. The van der Waals surface area contributed by atoms with E-state index in [1.807, 2.05) is 0 Å². The third kappa shape index (κ3) is 11.4. The van der Waals surface area contributed by atoms with Crippen molar-refractivity contribution in [3.63, 3.8) is 0 Å². The summed E-state index contributed by atoms with van der Waals surface area (Å²) in [7, 11) is 0. The topological polar surface area (TPSA) is 172 Å². The maximum absolute atomic E-state index is 11.9. The molecule has 1 N–H and O–H groups in total. The second kappa shape index (κ2) is 12.2. The summed E-state index contributed by atoms with van der Waals surface area (Å²) in [5.41, 5.74) is -1.28. The molecule has 0 radical (unpaired) electrons. The quantitative estimate of drug-likeness (QED) is 0.321. The molecule has 0 unspecified atom stereocenters. The lowest BCUT2D eigenvalue weighted by Crippen LogP contribution is -2.49. The van der Waals surface area contributed by atoms with Gasteiger partial charge in [0.1, 0.15) is 17.0 Å². The number of rotatable bonds is 4. The first-order chi connectivity index (χ1) is 16.7. The number of ether oxygens (including phenoxy) is 4. The van der Waals surface area contributed by atoms with Gasteiger partial charge in [-0.15, -0.1) is 0 Å². The predicted molar refractivity (Wildman–Crippen MR) is 126 cm³/mol. The van der Waals surface area contributed by atoms with Crippen LogP contribution >= 0.6 is 0 Å². The van der Waals surface area contributed by atoms with Crippen LogP contribution in [0.4, 0.5) is 9.59 Å². The van der Waals surface area contributed by atoms with Crippen LogP contribution in [-0.4, -0.2) is 76.6 Å². The van der Waals surface area contributed by atoms with Gasteiger partial charge in [0, 0.05) is 39.8 Å². The molecule has 13 nitrogen and oxygen atoms in total. The fraction of sp³-hybridized carbons (Fsp3) is 0.708. The molecular weight excluding hydrogens is 492 g/mol. The first-order valence-corrected chi connectivity index (χ1v) is 11.7. The molecular formula is C24H36N2O11. The average Bonchev–Trinajstić information content (AvgIpc) is 2.63. The van der Waals surface area contributed by atoms with Crippen molar-refractivity contribution >= 4 is 41.6 Å². The largest absolute Gasteiger partial charge is 0.444 e. The van der Waals surface area contributed by atoms with Crippen LogP contribution in [0.15, 0.2) is 0 Å². The second-order valence-electron chi connectivity index (χ2n) is 10.8. The maximum Gasteiger partial charge on any atom is 0.417 e. The molecule has 0 atom stereocenters. The summed E-state index contributed by atoms with van der Waals surface area (Å²) in [4.78, 5) is 81.4. The fourth-order valence-electron chi connectivity index (χ4n) is 2.95. The van der Waals surface area contributed by atoms with Crippen molar-refractivity contribution < 1.29 is 52.5 Å². The molecule has 0 aromatic rings. The van der Waals surface area contributed by atoms with Crippen LogP contribution in [0.25, 0.3) is 0 Å². The van der Waals surface area contributed by atoms with Gasteiger partial charge in [-0.2, -0.15) is 0 Å². The van der Waals surface area contributed by atoms with Crippen LogP contribution in [-0.2, 0) is 42.9 Å². The summed E-state index contributed by atoms with van der Waals surface area (Å²) >= 11 is 0. The Morgan fingerprint density at radius 1 is 0.946 bits per heavy atom. The fourth-order valence-corrected chi connectivity index (χ4v) is 2.95. The zero-order valence-electron chi connectivity index (χ0n) is 22.6. The Bertz CT molecular complexity index is 921. The van der Waals surface area contributed by atoms with E-state index in [1.54, 1.807) is 41.5 Å². The Balaban J connectivity index is 0.000000397. The van der Waals surface area contributed by atoms with Gasteiger partial charge < -0.3 is 24.3 Å². The maximum atomic E-state index is 11.9. The number of amides is 3. The van der Waals surface area contributed by atoms with E-state index >= 15 is 0 Å². The summed E-state index contributed by atoms with van der Waals surface area (Å²) in [6, 6.07) is 0. The van der Waals surface area contributed by atoms with Gasteiger partial charge in [-0.25, -0.2) is 14.5 Å². The molecule has 37 heavy (non-hydrogen) atoms. The van der Waals surface area contributed by atoms with E-state index in [-0.39, 0.29) is 38.1 Å². The predicted octanol–water partition coefficient (Wildman–Crippen LogP) is 2.04. The Hall–Kier alpha value is -3.51. The highest BCUT2D eigenvalue weighted by Crippen LogP contribution is 2.24. The summed E-state index contributed by atoms with van der Waals surface area (Å²) in [5, 5.41) is 2.37. The van der Waals surface area contributed by atoms with Gasteiger partial charge in [-0.3, -0.25) is 24.0 Å². The molecule has 2 rings (SSSR count). The van der Waals surface area contributed by atoms with Crippen molar-refractivity contribution in [2.24, 2.45) is 5.92 Å². The SMILES string of the molecule is CC(C)(C)OC(=O)N1CCC(=O)CC1=O.CC(C)(C)OC(=O)NCCC(=O)C1C(=O)OC(C)(C)OC1=O. The lowest BCUT2D eigenvalue weighted by Gasteiger charge is -2.32. The van der Waals surface area contributed by atoms with Gasteiger partial charge in [0.05, 0.1) is 6.42 Å². The normalized spacial score (nSPS) is 18.1. The van der Waals surface area contributed by atoms with E-state index in [4.69, 9.17) is 18.9 Å². The van der Waals surface area contributed by atoms with E-state index in [9.17, 15) is 33.6 Å². The molecule has 2 aliphatic heterocycles. The summed E-state index contributed by atoms with van der Waals surface area (Å²) < 4.78 is 19.7. The summed E-state index contributed by atoms with van der Waals surface area (Å²) in [6.45, 7) is 13.1.